The summed E-state index contributed by atoms with van der Waals surface area (Å²) >= 11 is 11.4. The van der Waals surface area contributed by atoms with Crippen molar-refractivity contribution in [2.24, 2.45) is 5.73 Å². The van der Waals surface area contributed by atoms with Crippen LogP contribution in [-0.4, -0.2) is 30.4 Å². The Labute approximate surface area is 213 Å². The van der Waals surface area contributed by atoms with Gasteiger partial charge >= 0.3 is 0 Å². The molecule has 0 aliphatic rings. The molecule has 5 N–H and O–H groups in total. The highest BCUT2D eigenvalue weighted by Gasteiger charge is 2.05. The van der Waals surface area contributed by atoms with Crippen molar-refractivity contribution in [2.75, 3.05) is 13.2 Å². The first-order valence-corrected chi connectivity index (χ1v) is 11.5. The summed E-state index contributed by atoms with van der Waals surface area (Å²) in [5.74, 6) is 0.230. The van der Waals surface area contributed by atoms with Gasteiger partial charge in [-0.1, -0.05) is 59.6 Å². The molecule has 6 nitrogen and oxygen atoms in total. The average molecular weight is 510 g/mol. The third kappa shape index (κ3) is 7.45. The first-order valence-electron chi connectivity index (χ1n) is 10.8. The van der Waals surface area contributed by atoms with Gasteiger partial charge in [0.25, 0.3) is 0 Å². The van der Waals surface area contributed by atoms with Crippen LogP contribution in [0, 0.1) is 5.41 Å². The van der Waals surface area contributed by atoms with E-state index < -0.39 is 5.91 Å². The number of nitrogens with one attached hydrogen (secondary N) is 2. The lowest BCUT2D eigenvalue weighted by Crippen LogP contribution is -2.20. The van der Waals surface area contributed by atoms with E-state index in [0.717, 1.165) is 40.2 Å². The molecule has 0 fully saturated rings. The number of halogens is 2. The number of aromatic hydroxyl groups is 1. The Morgan fingerprint density at radius 3 is 2.37 bits per heavy atom. The van der Waals surface area contributed by atoms with Crippen molar-refractivity contribution in [1.82, 2.24) is 5.32 Å². The number of rotatable bonds is 8. The summed E-state index contributed by atoms with van der Waals surface area (Å²) in [5, 5.41) is 22.8. The van der Waals surface area contributed by atoms with E-state index in [-0.39, 0.29) is 16.3 Å². The Morgan fingerprint density at radius 1 is 1.00 bits per heavy atom. The number of primary amides is 1. The second-order valence-electron chi connectivity index (χ2n) is 7.52. The lowest BCUT2D eigenvalue weighted by atomic mass is 10.0. The molecule has 0 aromatic heterocycles. The van der Waals surface area contributed by atoms with Crippen LogP contribution in [0.3, 0.4) is 0 Å². The number of hydrogen-bond donors (Lipinski definition) is 4. The molecule has 0 aliphatic heterocycles. The normalized spacial score (nSPS) is 10.3. The molecular formula is C27H25Cl2N3O3. The van der Waals surface area contributed by atoms with Gasteiger partial charge in [-0.3, -0.25) is 4.79 Å². The number of carbonyl (C=O) groups excluding carboxylic acids is 1. The predicted octanol–water partition coefficient (Wildman–Crippen LogP) is 5.80. The van der Waals surface area contributed by atoms with Crippen LogP contribution in [0.4, 0.5) is 0 Å². The highest BCUT2D eigenvalue weighted by molar-refractivity contribution is 6.32. The van der Waals surface area contributed by atoms with E-state index in [4.69, 9.17) is 44.2 Å². The smallest absolute Gasteiger partial charge is 0.248 e. The van der Waals surface area contributed by atoms with Crippen LogP contribution in [0.25, 0.3) is 10.8 Å². The van der Waals surface area contributed by atoms with Crippen LogP contribution in [0.2, 0.25) is 10.0 Å². The fourth-order valence-corrected chi connectivity index (χ4v) is 3.58. The van der Waals surface area contributed by atoms with Gasteiger partial charge in [-0.05, 0) is 53.4 Å². The van der Waals surface area contributed by atoms with Crippen molar-refractivity contribution in [3.63, 3.8) is 0 Å². The van der Waals surface area contributed by atoms with E-state index in [1.807, 2.05) is 60.7 Å². The molecule has 8 heteroatoms. The Morgan fingerprint density at radius 2 is 1.71 bits per heavy atom. The zero-order chi connectivity index (χ0) is 25.2. The van der Waals surface area contributed by atoms with Crippen molar-refractivity contribution < 1.29 is 14.6 Å². The lowest BCUT2D eigenvalue weighted by Gasteiger charge is -2.11. The fourth-order valence-electron chi connectivity index (χ4n) is 3.27. The minimum atomic E-state index is -0.563. The number of benzene rings is 4. The first-order chi connectivity index (χ1) is 16.9. The van der Waals surface area contributed by atoms with Gasteiger partial charge in [0.15, 0.2) is 0 Å². The zero-order valence-electron chi connectivity index (χ0n) is 18.8. The molecule has 0 unspecified atom stereocenters. The van der Waals surface area contributed by atoms with Crippen LogP contribution >= 0.6 is 23.2 Å². The van der Waals surface area contributed by atoms with Crippen LogP contribution in [0.15, 0.2) is 78.9 Å². The molecule has 0 radical (unpaired) electrons. The number of fused-ring (bicyclic) bond motifs is 1. The molecule has 1 amide bonds. The molecule has 0 heterocycles. The van der Waals surface area contributed by atoms with Crippen LogP contribution in [0.5, 0.6) is 11.5 Å². The molecule has 0 aliphatic carbocycles. The van der Waals surface area contributed by atoms with Gasteiger partial charge in [0, 0.05) is 40.8 Å². The van der Waals surface area contributed by atoms with E-state index in [2.05, 4.69) is 5.32 Å². The maximum Gasteiger partial charge on any atom is 0.248 e. The molecule has 4 aromatic rings. The summed E-state index contributed by atoms with van der Waals surface area (Å²) < 4.78 is 5.92. The van der Waals surface area contributed by atoms with Gasteiger partial charge in [-0.15, -0.1) is 0 Å². The van der Waals surface area contributed by atoms with Crippen LogP contribution in [0.1, 0.15) is 21.5 Å². The minimum absolute atomic E-state index is 0.0586. The van der Waals surface area contributed by atoms with Crippen molar-refractivity contribution in [2.45, 2.75) is 6.54 Å². The van der Waals surface area contributed by atoms with Crippen LogP contribution < -0.4 is 15.8 Å². The first kappa shape index (κ1) is 26.0. The van der Waals surface area contributed by atoms with Crippen molar-refractivity contribution >= 4 is 46.1 Å². The summed E-state index contributed by atoms with van der Waals surface area (Å²) in [6.45, 7) is 2.12. The summed E-state index contributed by atoms with van der Waals surface area (Å²) in [4.78, 5) is 10.5. The largest absolute Gasteiger partial charge is 0.506 e. The van der Waals surface area contributed by atoms with Crippen molar-refractivity contribution in [3.05, 3.63) is 106 Å². The highest BCUT2D eigenvalue weighted by atomic mass is 35.5. The summed E-state index contributed by atoms with van der Waals surface area (Å²) in [6, 6.07) is 23.7. The number of phenols is 1. The Bertz CT molecular complexity index is 1310. The molecular weight excluding hydrogens is 485 g/mol. The maximum absolute atomic E-state index is 10.5. The number of amides is 1. The lowest BCUT2D eigenvalue weighted by molar-refractivity contribution is 0.100. The topological polar surface area (TPSA) is 108 Å². The average Bonchev–Trinajstić information content (AvgIpc) is 2.87. The highest BCUT2D eigenvalue weighted by Crippen LogP contribution is 2.27. The zero-order valence-corrected chi connectivity index (χ0v) is 20.3. The molecule has 0 bridgehead atoms. The SMILES string of the molecule is N=Cc1ccc(OCCNCc2ccc(Cl)cc2)c2ccccc12.NC(=O)c1ccc(O)c(Cl)c1. The van der Waals surface area contributed by atoms with E-state index in [1.54, 1.807) is 0 Å². The maximum atomic E-state index is 10.5. The van der Waals surface area contributed by atoms with Crippen molar-refractivity contribution in [1.29, 1.82) is 5.41 Å². The number of carbonyl (C=O) groups is 1. The molecule has 0 atom stereocenters. The summed E-state index contributed by atoms with van der Waals surface area (Å²) in [6.07, 6.45) is 1.37. The molecule has 0 saturated heterocycles. The Balaban J connectivity index is 0.000000261. The molecule has 4 aromatic carbocycles. The quantitative estimate of drug-likeness (QED) is 0.177. The van der Waals surface area contributed by atoms with Gasteiger partial charge in [0.1, 0.15) is 18.1 Å². The number of ether oxygens (including phenoxy) is 1. The van der Waals surface area contributed by atoms with Gasteiger partial charge in [0.2, 0.25) is 5.91 Å². The minimum Gasteiger partial charge on any atom is -0.506 e. The van der Waals surface area contributed by atoms with E-state index in [0.29, 0.717) is 6.61 Å². The number of phenolic OH excluding ortho intramolecular Hbond substituents is 1. The van der Waals surface area contributed by atoms with Gasteiger partial charge in [-0.2, -0.15) is 0 Å². The van der Waals surface area contributed by atoms with E-state index >= 15 is 0 Å². The van der Waals surface area contributed by atoms with Crippen molar-refractivity contribution in [3.8, 4) is 11.5 Å². The molecule has 0 spiro atoms. The van der Waals surface area contributed by atoms with Gasteiger partial charge in [-0.25, -0.2) is 0 Å². The van der Waals surface area contributed by atoms with E-state index in [9.17, 15) is 4.79 Å². The van der Waals surface area contributed by atoms with E-state index in [1.165, 1.54) is 30.0 Å². The fraction of sp³-hybridized carbons (Fsp3) is 0.111. The molecule has 4 rings (SSSR count). The molecule has 35 heavy (non-hydrogen) atoms. The van der Waals surface area contributed by atoms with Gasteiger partial charge in [0.05, 0.1) is 5.02 Å². The second-order valence-corrected chi connectivity index (χ2v) is 8.37. The van der Waals surface area contributed by atoms with Gasteiger partial charge < -0.3 is 26.3 Å². The second kappa shape index (κ2) is 12.8. The molecule has 180 valence electrons. The number of hydrogen-bond acceptors (Lipinski definition) is 5. The third-order valence-electron chi connectivity index (χ3n) is 5.08. The Hall–Kier alpha value is -3.58. The number of nitrogens with two attached hydrogens (primary N) is 1. The predicted molar refractivity (Wildman–Crippen MR) is 142 cm³/mol. The third-order valence-corrected chi connectivity index (χ3v) is 5.64. The molecule has 0 saturated carbocycles. The summed E-state index contributed by atoms with van der Waals surface area (Å²) in [5.41, 5.74) is 7.33. The summed E-state index contributed by atoms with van der Waals surface area (Å²) in [7, 11) is 0. The van der Waals surface area contributed by atoms with Crippen LogP contribution in [-0.2, 0) is 6.54 Å². The Kier molecular flexibility index (Phi) is 9.49. The monoisotopic (exact) mass is 509 g/mol. The standard InChI is InChI=1S/C20H19ClN2O.C7H6ClNO2/c21-17-8-5-15(6-9-17)14-23-11-12-24-20-10-7-16(13-22)18-3-1-2-4-19(18)20;8-5-3-4(7(9)11)1-2-6(5)10/h1-10,13,22-23H,11-12,14H2;1-3,10H,(H2,9,11).